The molecule has 0 aliphatic rings. The van der Waals surface area contributed by atoms with Crippen LogP contribution in [0.4, 0.5) is 0 Å². The molecule has 0 aliphatic carbocycles. The summed E-state index contributed by atoms with van der Waals surface area (Å²) >= 11 is 0. The molecule has 3 rings (SSSR count). The molecule has 1 aromatic heterocycles. The molecule has 1 heterocycles. The van der Waals surface area contributed by atoms with E-state index < -0.39 is 0 Å². The van der Waals surface area contributed by atoms with E-state index in [-0.39, 0.29) is 22.8 Å². The minimum Gasteiger partial charge on any atom is -0.508 e. The lowest BCUT2D eigenvalue weighted by molar-refractivity contribution is 0.0782. The van der Waals surface area contributed by atoms with E-state index in [1.807, 2.05) is 31.2 Å². The summed E-state index contributed by atoms with van der Waals surface area (Å²) < 4.78 is 1.55. The van der Waals surface area contributed by atoms with Gasteiger partial charge in [0.25, 0.3) is 11.5 Å². The van der Waals surface area contributed by atoms with Crippen molar-refractivity contribution in [1.82, 2.24) is 9.47 Å². The molecule has 0 spiro atoms. The number of aryl methyl sites for hydroxylation is 1. The van der Waals surface area contributed by atoms with E-state index in [1.54, 1.807) is 54.2 Å². The molecule has 2 aromatic carbocycles. The van der Waals surface area contributed by atoms with Crippen molar-refractivity contribution in [1.29, 1.82) is 0 Å². The van der Waals surface area contributed by atoms with Gasteiger partial charge in [-0.2, -0.15) is 0 Å². The third kappa shape index (κ3) is 4.44. The van der Waals surface area contributed by atoms with Gasteiger partial charge in [-0.15, -0.1) is 0 Å². The Balaban J connectivity index is 1.80. The molecule has 1 N–H and O–H groups in total. The predicted molar refractivity (Wildman–Crippen MR) is 105 cm³/mol. The van der Waals surface area contributed by atoms with Crippen LogP contribution < -0.4 is 5.56 Å². The van der Waals surface area contributed by atoms with Gasteiger partial charge in [0.15, 0.2) is 0 Å². The Bertz CT molecular complexity index is 1010. The average molecular weight is 362 g/mol. The van der Waals surface area contributed by atoms with Crippen molar-refractivity contribution in [2.75, 3.05) is 7.05 Å². The number of nitrogens with zero attached hydrogens (tertiary/aromatic N) is 2. The molecule has 27 heavy (non-hydrogen) atoms. The number of phenols is 1. The SMILES string of the molecule is Cc1cccc(Cn2cccc(C(=O)N(C)Cc3ccc(O)cc3)c2=O)c1. The molecule has 0 unspecified atom stereocenters. The maximum atomic E-state index is 12.8. The van der Waals surface area contributed by atoms with Crippen molar-refractivity contribution >= 4 is 5.91 Å². The molecule has 1 amide bonds. The Morgan fingerprint density at radius 2 is 1.78 bits per heavy atom. The number of aromatic nitrogens is 1. The third-order valence-corrected chi connectivity index (χ3v) is 4.39. The monoisotopic (exact) mass is 362 g/mol. The first-order chi connectivity index (χ1) is 12.9. The molecule has 5 nitrogen and oxygen atoms in total. The molecular formula is C22H22N2O3. The highest BCUT2D eigenvalue weighted by molar-refractivity contribution is 5.93. The molecule has 138 valence electrons. The minimum absolute atomic E-state index is 0.145. The van der Waals surface area contributed by atoms with Crippen LogP contribution in [0.1, 0.15) is 27.0 Å². The molecule has 0 radical (unpaired) electrons. The first kappa shape index (κ1) is 18.5. The number of carbonyl (C=O) groups excluding carboxylic acids is 1. The smallest absolute Gasteiger partial charge is 0.263 e. The lowest BCUT2D eigenvalue weighted by Crippen LogP contribution is -2.34. The van der Waals surface area contributed by atoms with Crippen molar-refractivity contribution in [3.63, 3.8) is 0 Å². The Kier molecular flexibility index (Phi) is 5.41. The molecular weight excluding hydrogens is 340 g/mol. The average Bonchev–Trinajstić information content (AvgIpc) is 2.65. The Hall–Kier alpha value is -3.34. The van der Waals surface area contributed by atoms with Crippen LogP contribution in [-0.4, -0.2) is 27.5 Å². The predicted octanol–water partition coefficient (Wildman–Crippen LogP) is 3.18. The van der Waals surface area contributed by atoms with Crippen LogP contribution in [0.2, 0.25) is 0 Å². The number of rotatable bonds is 5. The van der Waals surface area contributed by atoms with Gasteiger partial charge in [-0.1, -0.05) is 42.0 Å². The molecule has 5 heteroatoms. The molecule has 3 aromatic rings. The van der Waals surface area contributed by atoms with Gasteiger partial charge in [0, 0.05) is 19.8 Å². The Labute approximate surface area is 158 Å². The summed E-state index contributed by atoms with van der Waals surface area (Å²) in [7, 11) is 1.66. The van der Waals surface area contributed by atoms with E-state index in [2.05, 4.69) is 0 Å². The van der Waals surface area contributed by atoms with E-state index in [0.717, 1.165) is 16.7 Å². The quantitative estimate of drug-likeness (QED) is 0.758. The maximum Gasteiger partial charge on any atom is 0.263 e. The highest BCUT2D eigenvalue weighted by atomic mass is 16.3. The minimum atomic E-state index is -0.327. The van der Waals surface area contributed by atoms with Gasteiger partial charge in [-0.3, -0.25) is 9.59 Å². The van der Waals surface area contributed by atoms with Crippen LogP contribution in [-0.2, 0) is 13.1 Å². The van der Waals surface area contributed by atoms with Gasteiger partial charge in [-0.05, 0) is 42.3 Å². The normalized spacial score (nSPS) is 10.6. The number of benzene rings is 2. The lowest BCUT2D eigenvalue weighted by Gasteiger charge is -2.18. The van der Waals surface area contributed by atoms with Crippen molar-refractivity contribution in [2.24, 2.45) is 0 Å². The number of hydrogen-bond donors (Lipinski definition) is 1. The third-order valence-electron chi connectivity index (χ3n) is 4.39. The summed E-state index contributed by atoms with van der Waals surface area (Å²) in [6, 6.07) is 17.9. The fourth-order valence-electron chi connectivity index (χ4n) is 2.98. The van der Waals surface area contributed by atoms with Crippen LogP contribution in [0.25, 0.3) is 0 Å². The number of phenolic OH excluding ortho intramolecular Hbond substituents is 1. The highest BCUT2D eigenvalue weighted by Gasteiger charge is 2.17. The zero-order valence-corrected chi connectivity index (χ0v) is 15.4. The zero-order chi connectivity index (χ0) is 19.4. The number of aromatic hydroxyl groups is 1. The Morgan fingerprint density at radius 1 is 1.04 bits per heavy atom. The number of carbonyl (C=O) groups is 1. The maximum absolute atomic E-state index is 12.8. The second-order valence-electron chi connectivity index (χ2n) is 6.67. The van der Waals surface area contributed by atoms with Crippen molar-refractivity contribution in [2.45, 2.75) is 20.0 Å². The van der Waals surface area contributed by atoms with E-state index in [9.17, 15) is 14.7 Å². The fraction of sp³-hybridized carbons (Fsp3) is 0.182. The van der Waals surface area contributed by atoms with Crippen molar-refractivity contribution < 1.29 is 9.90 Å². The van der Waals surface area contributed by atoms with E-state index in [4.69, 9.17) is 0 Å². The summed E-state index contributed by atoms with van der Waals surface area (Å²) in [5.74, 6) is -0.151. The summed E-state index contributed by atoms with van der Waals surface area (Å²) in [4.78, 5) is 27.0. The van der Waals surface area contributed by atoms with Crippen molar-refractivity contribution in [3.05, 3.63) is 99.5 Å². The van der Waals surface area contributed by atoms with Crippen molar-refractivity contribution in [3.8, 4) is 5.75 Å². The van der Waals surface area contributed by atoms with E-state index in [1.165, 1.54) is 4.90 Å². The van der Waals surface area contributed by atoms with Crippen LogP contribution in [0.3, 0.4) is 0 Å². The largest absolute Gasteiger partial charge is 0.508 e. The zero-order valence-electron chi connectivity index (χ0n) is 15.4. The lowest BCUT2D eigenvalue weighted by atomic mass is 10.1. The standard InChI is InChI=1S/C22H22N2O3/c1-16-5-3-6-18(13-16)15-24-12-4-7-20(22(24)27)21(26)23(2)14-17-8-10-19(25)11-9-17/h3-13,25H,14-15H2,1-2H3. The molecule has 0 fully saturated rings. The van der Waals surface area contributed by atoms with Gasteiger partial charge in [0.05, 0.1) is 6.54 Å². The van der Waals surface area contributed by atoms with E-state index >= 15 is 0 Å². The molecule has 0 atom stereocenters. The van der Waals surface area contributed by atoms with Crippen LogP contribution in [0.5, 0.6) is 5.75 Å². The summed E-state index contributed by atoms with van der Waals surface area (Å²) in [5, 5.41) is 9.36. The first-order valence-electron chi connectivity index (χ1n) is 8.72. The number of amides is 1. The highest BCUT2D eigenvalue weighted by Crippen LogP contribution is 2.12. The van der Waals surface area contributed by atoms with Gasteiger partial charge in [-0.25, -0.2) is 0 Å². The van der Waals surface area contributed by atoms with E-state index in [0.29, 0.717) is 13.1 Å². The van der Waals surface area contributed by atoms with Gasteiger partial charge >= 0.3 is 0 Å². The van der Waals surface area contributed by atoms with Crippen LogP contribution in [0.15, 0.2) is 71.7 Å². The summed E-state index contributed by atoms with van der Waals surface area (Å²) in [5.41, 5.74) is 2.85. The van der Waals surface area contributed by atoms with Gasteiger partial charge in [0.2, 0.25) is 0 Å². The van der Waals surface area contributed by atoms with Crippen LogP contribution in [0, 0.1) is 6.92 Å². The summed E-state index contributed by atoms with van der Waals surface area (Å²) in [6.45, 7) is 2.78. The Morgan fingerprint density at radius 3 is 2.48 bits per heavy atom. The molecule has 0 saturated heterocycles. The summed E-state index contributed by atoms with van der Waals surface area (Å²) in [6.07, 6.45) is 1.70. The van der Waals surface area contributed by atoms with Gasteiger partial charge in [0.1, 0.15) is 11.3 Å². The molecule has 0 aliphatic heterocycles. The first-order valence-corrected chi connectivity index (χ1v) is 8.72. The number of hydrogen-bond acceptors (Lipinski definition) is 3. The second-order valence-corrected chi connectivity index (χ2v) is 6.67. The fourth-order valence-corrected chi connectivity index (χ4v) is 2.98. The van der Waals surface area contributed by atoms with Gasteiger partial charge < -0.3 is 14.6 Å². The molecule has 0 bridgehead atoms. The second kappa shape index (κ2) is 7.91. The number of pyridine rings is 1. The van der Waals surface area contributed by atoms with Crippen LogP contribution >= 0.6 is 0 Å². The molecule has 0 saturated carbocycles. The topological polar surface area (TPSA) is 62.5 Å².